The number of nitrogens with zero attached hydrogens (tertiary/aromatic N) is 3. The zero-order chi connectivity index (χ0) is 39.8. The second-order valence-electron chi connectivity index (χ2n) is 16.4. The fourth-order valence-corrected chi connectivity index (χ4v) is 12.3. The first-order valence-electron chi connectivity index (χ1n) is 21.1. The van der Waals surface area contributed by atoms with Crippen LogP contribution < -0.4 is 26.2 Å². The van der Waals surface area contributed by atoms with Crippen molar-refractivity contribution in [2.75, 3.05) is 9.80 Å². The minimum absolute atomic E-state index is 0.0444. The molecule has 5 heteroatoms. The highest BCUT2D eigenvalue weighted by molar-refractivity contribution is 7.25. The molecule has 0 amide bonds. The van der Waals surface area contributed by atoms with E-state index in [0.29, 0.717) is 0 Å². The highest BCUT2D eigenvalue weighted by Crippen LogP contribution is 2.51. The first-order valence-corrected chi connectivity index (χ1v) is 21.9. The molecule has 0 spiro atoms. The number of fused-ring (bicyclic) bond motifs is 13. The van der Waals surface area contributed by atoms with Crippen LogP contribution >= 0.6 is 11.3 Å². The van der Waals surface area contributed by atoms with Crippen molar-refractivity contribution in [1.29, 1.82) is 0 Å². The Labute approximate surface area is 357 Å². The number of benzene rings is 9. The largest absolute Gasteiger partial charge is 0.311 e. The number of hydrogen-bond donors (Lipinski definition) is 0. The maximum Gasteiger partial charge on any atom is 0.254 e. The van der Waals surface area contributed by atoms with E-state index in [1.54, 1.807) is 0 Å². The Morgan fingerprint density at radius 1 is 0.377 bits per heavy atom. The van der Waals surface area contributed by atoms with Crippen molar-refractivity contribution in [2.45, 2.75) is 0 Å². The van der Waals surface area contributed by atoms with E-state index in [4.69, 9.17) is 0 Å². The Kier molecular flexibility index (Phi) is 6.80. The van der Waals surface area contributed by atoms with E-state index in [0.717, 1.165) is 11.4 Å². The summed E-state index contributed by atoms with van der Waals surface area (Å²) >= 11 is 1.95. The quantitative estimate of drug-likeness (QED) is 0.164. The molecule has 0 aliphatic carbocycles. The van der Waals surface area contributed by atoms with Crippen molar-refractivity contribution < 1.29 is 0 Å². The normalized spacial score (nSPS) is 13.1. The Morgan fingerprint density at radius 3 is 1.66 bits per heavy atom. The van der Waals surface area contributed by atoms with Crippen LogP contribution in [0, 0.1) is 0 Å². The van der Waals surface area contributed by atoms with Crippen molar-refractivity contribution in [3.63, 3.8) is 0 Å². The lowest BCUT2D eigenvalue weighted by atomic mass is 9.33. The van der Waals surface area contributed by atoms with Gasteiger partial charge in [-0.05, 0) is 76.0 Å². The molecule has 0 saturated heterocycles. The van der Waals surface area contributed by atoms with Gasteiger partial charge in [0.2, 0.25) is 0 Å². The van der Waals surface area contributed by atoms with Gasteiger partial charge >= 0.3 is 0 Å². The van der Waals surface area contributed by atoms with E-state index in [9.17, 15) is 0 Å². The lowest BCUT2D eigenvalue weighted by molar-refractivity contribution is 1.25. The van der Waals surface area contributed by atoms with Crippen molar-refractivity contribution >= 4 is 117 Å². The van der Waals surface area contributed by atoms with Crippen LogP contribution in [0.4, 0.5) is 34.1 Å². The van der Waals surface area contributed by atoms with Gasteiger partial charge in [0.25, 0.3) is 6.71 Å². The van der Waals surface area contributed by atoms with Gasteiger partial charge in [0.1, 0.15) is 0 Å². The van der Waals surface area contributed by atoms with Gasteiger partial charge in [-0.3, -0.25) is 0 Å². The Hall–Kier alpha value is -7.60. The minimum atomic E-state index is -0.0444. The number of para-hydroxylation sites is 4. The maximum absolute atomic E-state index is 2.58. The van der Waals surface area contributed by atoms with Crippen LogP contribution in [-0.2, 0) is 0 Å². The van der Waals surface area contributed by atoms with Gasteiger partial charge in [0.15, 0.2) is 0 Å². The topological polar surface area (TPSA) is 10.9 Å². The molecule has 3 nitrogen and oxygen atoms in total. The van der Waals surface area contributed by atoms with Crippen molar-refractivity contribution in [2.24, 2.45) is 0 Å². The van der Waals surface area contributed by atoms with Gasteiger partial charge in [0.05, 0.1) is 22.2 Å². The molecule has 0 N–H and O–H groups in total. The molecule has 282 valence electrons. The van der Waals surface area contributed by atoms with Crippen LogP contribution in [0.25, 0.3) is 69.7 Å². The van der Waals surface area contributed by atoms with Crippen LogP contribution in [0.3, 0.4) is 0 Å². The van der Waals surface area contributed by atoms with Crippen molar-refractivity contribution in [3.8, 4) is 21.6 Å². The molecule has 61 heavy (non-hydrogen) atoms. The third kappa shape index (κ3) is 4.43. The second-order valence-corrected chi connectivity index (χ2v) is 17.4. The zero-order valence-corrected chi connectivity index (χ0v) is 33.8. The third-order valence-corrected chi connectivity index (χ3v) is 14.6. The number of anilines is 6. The summed E-state index contributed by atoms with van der Waals surface area (Å²) in [6.45, 7) is -0.0444. The van der Waals surface area contributed by atoms with Crippen LogP contribution in [-0.4, -0.2) is 11.1 Å². The summed E-state index contributed by atoms with van der Waals surface area (Å²) in [6, 6.07) is 76.4. The molecule has 14 rings (SSSR count). The summed E-state index contributed by atoms with van der Waals surface area (Å²) in [5.74, 6) is 0. The molecule has 0 saturated carbocycles. The average Bonchev–Trinajstić information content (AvgIpc) is 4.00. The van der Waals surface area contributed by atoms with Gasteiger partial charge in [-0.2, -0.15) is 0 Å². The Balaban J connectivity index is 1.18. The zero-order valence-electron chi connectivity index (χ0n) is 33.0. The molecule has 0 unspecified atom stereocenters. The lowest BCUT2D eigenvalue weighted by Gasteiger charge is -2.44. The van der Waals surface area contributed by atoms with E-state index in [-0.39, 0.29) is 6.71 Å². The summed E-state index contributed by atoms with van der Waals surface area (Å²) in [6.07, 6.45) is 0. The van der Waals surface area contributed by atoms with Crippen molar-refractivity contribution in [3.05, 3.63) is 206 Å². The highest BCUT2D eigenvalue weighted by atomic mass is 32.1. The maximum atomic E-state index is 2.58. The smallest absolute Gasteiger partial charge is 0.254 e. The molecule has 0 atom stereocenters. The van der Waals surface area contributed by atoms with Crippen LogP contribution in [0.15, 0.2) is 206 Å². The predicted molar refractivity (Wildman–Crippen MR) is 261 cm³/mol. The SMILES string of the molecule is c1ccc(-c2sc3c4c(ccc3c2-c2ccccc2)N(c2ccccc2)c2cccc3c2B4c2ccc4c5cccc6c7ccccc7n(c4c2N3c2ccccc2)c65)cc1. The van der Waals surface area contributed by atoms with Crippen molar-refractivity contribution in [1.82, 2.24) is 4.40 Å². The molecule has 2 aliphatic heterocycles. The number of aromatic nitrogens is 1. The first kappa shape index (κ1) is 33.3. The number of rotatable bonds is 4. The van der Waals surface area contributed by atoms with Gasteiger partial charge < -0.3 is 14.2 Å². The van der Waals surface area contributed by atoms with Crippen LogP contribution in [0.5, 0.6) is 0 Å². The predicted octanol–water partition coefficient (Wildman–Crippen LogP) is 13.5. The molecule has 3 aromatic heterocycles. The lowest BCUT2D eigenvalue weighted by Crippen LogP contribution is -2.61. The number of hydrogen-bond acceptors (Lipinski definition) is 3. The summed E-state index contributed by atoms with van der Waals surface area (Å²) in [5.41, 5.74) is 18.8. The van der Waals surface area contributed by atoms with Gasteiger partial charge in [-0.15, -0.1) is 11.3 Å². The monoisotopic (exact) mass is 791 g/mol. The fraction of sp³-hybridized carbons (Fsp3) is 0. The Morgan fingerprint density at radius 2 is 0.918 bits per heavy atom. The van der Waals surface area contributed by atoms with Crippen LogP contribution in [0.1, 0.15) is 0 Å². The molecule has 0 radical (unpaired) electrons. The average molecular weight is 792 g/mol. The fourth-order valence-electron chi connectivity index (χ4n) is 10.9. The molecule has 9 aromatic carbocycles. The summed E-state index contributed by atoms with van der Waals surface area (Å²) in [4.78, 5) is 6.39. The standard InChI is InChI=1S/C56H34BN3S/c1-5-17-35(18-6-1)49-43-32-34-48-51(56(43)61-55(49)36-19-7-2-8-20-36)57-44-33-31-42-41-27-15-26-40-39-25-13-14-28-45(39)60(52(40)41)53(42)54(44)59(38-23-11-4-12-24-38)47-30-16-29-46(50(47)57)58(48)37-21-9-3-10-22-37/h1-34H. The van der Waals surface area contributed by atoms with Gasteiger partial charge in [-0.1, -0.05) is 158 Å². The molecule has 12 aromatic rings. The van der Waals surface area contributed by atoms with Crippen LogP contribution in [0.2, 0.25) is 0 Å². The van der Waals surface area contributed by atoms with E-state index in [1.165, 1.54) is 109 Å². The molecule has 5 heterocycles. The second kappa shape index (κ2) is 12.5. The van der Waals surface area contributed by atoms with E-state index in [1.807, 2.05) is 11.3 Å². The third-order valence-electron chi connectivity index (χ3n) is 13.3. The highest BCUT2D eigenvalue weighted by Gasteiger charge is 2.46. The molecule has 0 fully saturated rings. The van der Waals surface area contributed by atoms with Gasteiger partial charge in [0, 0.05) is 70.5 Å². The molecular weight excluding hydrogens is 758 g/mol. The minimum Gasteiger partial charge on any atom is -0.311 e. The molecule has 2 aliphatic rings. The molecule has 0 bridgehead atoms. The number of thiophene rings is 1. The summed E-state index contributed by atoms with van der Waals surface area (Å²) in [5, 5.41) is 6.45. The van der Waals surface area contributed by atoms with E-state index in [2.05, 4.69) is 220 Å². The van der Waals surface area contributed by atoms with E-state index < -0.39 is 0 Å². The Bertz CT molecular complexity index is 3710. The van der Waals surface area contributed by atoms with Gasteiger partial charge in [-0.25, -0.2) is 0 Å². The summed E-state index contributed by atoms with van der Waals surface area (Å²) in [7, 11) is 0. The molecular formula is C56H34BN3S. The first-order chi connectivity index (χ1) is 30.3. The van der Waals surface area contributed by atoms with E-state index >= 15 is 0 Å². The summed E-state index contributed by atoms with van der Waals surface area (Å²) < 4.78 is 3.91.